The Bertz CT molecular complexity index is 604. The van der Waals surface area contributed by atoms with Gasteiger partial charge in [0.25, 0.3) is 0 Å². The molecule has 6 heteroatoms. The third kappa shape index (κ3) is 3.56. The van der Waals surface area contributed by atoms with Crippen LogP contribution >= 0.6 is 12.2 Å². The number of anilines is 1. The molecule has 0 aliphatic heterocycles. The van der Waals surface area contributed by atoms with Crippen LogP contribution in [0.15, 0.2) is 48.8 Å². The molecule has 96 valence electrons. The van der Waals surface area contributed by atoms with Gasteiger partial charge in [0.15, 0.2) is 0 Å². The van der Waals surface area contributed by atoms with E-state index in [-0.39, 0.29) is 10.7 Å². The van der Waals surface area contributed by atoms with Crippen molar-refractivity contribution in [1.29, 1.82) is 0 Å². The number of rotatable bonds is 2. The van der Waals surface area contributed by atoms with Gasteiger partial charge in [-0.3, -0.25) is 10.3 Å². The van der Waals surface area contributed by atoms with Gasteiger partial charge in [-0.05, 0) is 24.3 Å². The van der Waals surface area contributed by atoms with Crippen molar-refractivity contribution in [2.24, 2.45) is 0 Å². The number of benzene rings is 1. The fourth-order valence-electron chi connectivity index (χ4n) is 1.39. The second kappa shape index (κ2) is 6.01. The first-order chi connectivity index (χ1) is 9.16. The van der Waals surface area contributed by atoms with E-state index < -0.39 is 11.8 Å². The third-order valence-electron chi connectivity index (χ3n) is 2.27. The lowest BCUT2D eigenvalue weighted by Gasteiger charge is -2.08. The first-order valence-electron chi connectivity index (χ1n) is 5.43. The molecule has 0 aliphatic carbocycles. The highest BCUT2D eigenvalue weighted by Gasteiger charge is 2.08. The normalized spacial score (nSPS) is 9.74. The Morgan fingerprint density at radius 3 is 2.68 bits per heavy atom. The van der Waals surface area contributed by atoms with Crippen molar-refractivity contribution in [1.82, 2.24) is 10.3 Å². The van der Waals surface area contributed by atoms with Crippen LogP contribution < -0.4 is 10.6 Å². The van der Waals surface area contributed by atoms with Crippen LogP contribution in [-0.2, 0) is 0 Å². The van der Waals surface area contributed by atoms with Crippen molar-refractivity contribution in [2.45, 2.75) is 0 Å². The molecule has 0 atom stereocenters. The van der Waals surface area contributed by atoms with Gasteiger partial charge in [0.1, 0.15) is 10.8 Å². The van der Waals surface area contributed by atoms with Crippen LogP contribution in [0.25, 0.3) is 0 Å². The monoisotopic (exact) mass is 275 g/mol. The number of amides is 2. The van der Waals surface area contributed by atoms with Gasteiger partial charge in [-0.25, -0.2) is 9.18 Å². The highest BCUT2D eigenvalue weighted by molar-refractivity contribution is 7.80. The van der Waals surface area contributed by atoms with Crippen molar-refractivity contribution in [3.05, 3.63) is 60.2 Å². The van der Waals surface area contributed by atoms with Crippen LogP contribution in [0.5, 0.6) is 0 Å². The third-order valence-corrected chi connectivity index (χ3v) is 2.61. The van der Waals surface area contributed by atoms with Gasteiger partial charge in [-0.1, -0.05) is 24.4 Å². The molecule has 0 saturated carbocycles. The number of halogens is 1. The number of aromatic nitrogens is 1. The van der Waals surface area contributed by atoms with E-state index in [0.29, 0.717) is 5.56 Å². The van der Waals surface area contributed by atoms with Gasteiger partial charge in [0.05, 0.1) is 5.69 Å². The number of nitrogens with one attached hydrogen (secondary N) is 2. The van der Waals surface area contributed by atoms with Gasteiger partial charge in [0, 0.05) is 18.0 Å². The number of hydrogen-bond acceptors (Lipinski definition) is 3. The summed E-state index contributed by atoms with van der Waals surface area (Å²) >= 11 is 5.04. The highest BCUT2D eigenvalue weighted by Crippen LogP contribution is 2.11. The number of para-hydroxylation sites is 1. The summed E-state index contributed by atoms with van der Waals surface area (Å²) in [7, 11) is 0. The summed E-state index contributed by atoms with van der Waals surface area (Å²) in [5, 5.41) is 4.82. The topological polar surface area (TPSA) is 54.0 Å². The maximum atomic E-state index is 13.3. The Morgan fingerprint density at radius 1 is 1.21 bits per heavy atom. The molecule has 2 N–H and O–H groups in total. The maximum absolute atomic E-state index is 13.3. The summed E-state index contributed by atoms with van der Waals surface area (Å²) in [6.45, 7) is 0. The number of hydrogen-bond donors (Lipinski definition) is 2. The van der Waals surface area contributed by atoms with Crippen LogP contribution in [-0.4, -0.2) is 16.0 Å². The molecule has 0 aliphatic rings. The quantitative estimate of drug-likeness (QED) is 0.829. The molecule has 0 saturated heterocycles. The Labute approximate surface area is 114 Å². The zero-order valence-corrected chi connectivity index (χ0v) is 10.6. The van der Waals surface area contributed by atoms with E-state index in [1.165, 1.54) is 18.3 Å². The molecule has 0 bridgehead atoms. The zero-order valence-electron chi connectivity index (χ0n) is 9.76. The summed E-state index contributed by atoms with van der Waals surface area (Å²) in [5.74, 6) is -0.509. The van der Waals surface area contributed by atoms with E-state index in [4.69, 9.17) is 12.2 Å². The van der Waals surface area contributed by atoms with Crippen molar-refractivity contribution in [3.63, 3.8) is 0 Å². The Balaban J connectivity index is 1.99. The minimum Gasteiger partial charge on any atom is -0.305 e. The van der Waals surface area contributed by atoms with E-state index in [2.05, 4.69) is 15.6 Å². The molecule has 2 amide bonds. The van der Waals surface area contributed by atoms with Gasteiger partial charge < -0.3 is 5.32 Å². The fraction of sp³-hybridized carbons (Fsp3) is 0. The molecule has 1 aromatic carbocycles. The van der Waals surface area contributed by atoms with Crippen molar-refractivity contribution < 1.29 is 9.18 Å². The molecule has 0 fully saturated rings. The molecule has 2 rings (SSSR count). The number of urea groups is 1. The molecule has 0 spiro atoms. The predicted octanol–water partition coefficient (Wildman–Crippen LogP) is 2.72. The highest BCUT2D eigenvalue weighted by atomic mass is 32.1. The molecular weight excluding hydrogens is 265 g/mol. The van der Waals surface area contributed by atoms with E-state index >= 15 is 0 Å². The van der Waals surface area contributed by atoms with E-state index in [9.17, 15) is 9.18 Å². The fourth-order valence-corrected chi connectivity index (χ4v) is 1.60. The van der Waals surface area contributed by atoms with E-state index in [1.54, 1.807) is 30.5 Å². The molecule has 2 aromatic rings. The van der Waals surface area contributed by atoms with Crippen LogP contribution in [0.2, 0.25) is 0 Å². The molecule has 0 unspecified atom stereocenters. The molecule has 1 heterocycles. The lowest BCUT2D eigenvalue weighted by molar-refractivity contribution is 0.256. The molecule has 0 radical (unpaired) electrons. The van der Waals surface area contributed by atoms with Crippen LogP contribution in [0.1, 0.15) is 5.56 Å². The second-order valence-electron chi connectivity index (χ2n) is 3.63. The molecular formula is C13H10FN3OS. The van der Waals surface area contributed by atoms with Crippen molar-refractivity contribution in [2.75, 3.05) is 5.32 Å². The van der Waals surface area contributed by atoms with E-state index in [1.807, 2.05) is 0 Å². The second-order valence-corrected chi connectivity index (χ2v) is 4.04. The maximum Gasteiger partial charge on any atom is 0.324 e. The average Bonchev–Trinajstić information content (AvgIpc) is 2.42. The molecule has 1 aromatic heterocycles. The predicted molar refractivity (Wildman–Crippen MR) is 74.5 cm³/mol. The van der Waals surface area contributed by atoms with Crippen LogP contribution in [0.4, 0.5) is 14.9 Å². The SMILES string of the molecule is O=C(NC(=S)c1cccnc1)Nc1ccccc1F. The van der Waals surface area contributed by atoms with Gasteiger partial charge in [-0.15, -0.1) is 0 Å². The van der Waals surface area contributed by atoms with Crippen LogP contribution in [0, 0.1) is 5.82 Å². The average molecular weight is 275 g/mol. The first kappa shape index (κ1) is 13.1. The Kier molecular flexibility index (Phi) is 4.15. The Hall–Kier alpha value is -2.34. The number of pyridine rings is 1. The van der Waals surface area contributed by atoms with Crippen LogP contribution in [0.3, 0.4) is 0 Å². The number of carbonyl (C=O) groups is 1. The van der Waals surface area contributed by atoms with Gasteiger partial charge in [0.2, 0.25) is 0 Å². The van der Waals surface area contributed by atoms with E-state index in [0.717, 1.165) is 0 Å². The number of thiocarbonyl (C=S) groups is 1. The molecule has 19 heavy (non-hydrogen) atoms. The molecule has 4 nitrogen and oxygen atoms in total. The van der Waals surface area contributed by atoms with Crippen molar-refractivity contribution >= 4 is 28.9 Å². The standard InChI is InChI=1S/C13H10FN3OS/c14-10-5-1-2-6-11(10)16-13(18)17-12(19)9-4-3-7-15-8-9/h1-8H,(H2,16,17,18,19). The number of carbonyl (C=O) groups excluding carboxylic acids is 1. The van der Waals surface area contributed by atoms with Crippen molar-refractivity contribution in [3.8, 4) is 0 Å². The number of nitrogens with zero attached hydrogens (tertiary/aromatic N) is 1. The van der Waals surface area contributed by atoms with Gasteiger partial charge in [-0.2, -0.15) is 0 Å². The summed E-state index contributed by atoms with van der Waals surface area (Å²) in [5.41, 5.74) is 0.704. The van der Waals surface area contributed by atoms with Gasteiger partial charge >= 0.3 is 6.03 Å². The summed E-state index contributed by atoms with van der Waals surface area (Å²) < 4.78 is 13.3. The Morgan fingerprint density at radius 2 is 2.00 bits per heavy atom. The summed E-state index contributed by atoms with van der Waals surface area (Å²) in [4.78, 5) is 15.8. The lowest BCUT2D eigenvalue weighted by Crippen LogP contribution is -2.33. The zero-order chi connectivity index (χ0) is 13.7. The lowest BCUT2D eigenvalue weighted by atomic mass is 10.3. The summed E-state index contributed by atoms with van der Waals surface area (Å²) in [6.07, 6.45) is 3.14. The smallest absolute Gasteiger partial charge is 0.305 e. The first-order valence-corrected chi connectivity index (χ1v) is 5.84. The summed E-state index contributed by atoms with van der Waals surface area (Å²) in [6, 6.07) is 8.71. The minimum atomic E-state index is -0.598. The minimum absolute atomic E-state index is 0.0917. The largest absolute Gasteiger partial charge is 0.324 e.